The lowest BCUT2D eigenvalue weighted by Gasteiger charge is -2.38. The molecule has 3 N–H and O–H groups in total. The van der Waals surface area contributed by atoms with E-state index in [0.29, 0.717) is 56.1 Å². The molecule has 3 aromatic carbocycles. The molecule has 0 radical (unpaired) electrons. The molecule has 4 amide bonds. The molecule has 1 aliphatic heterocycles. The van der Waals surface area contributed by atoms with E-state index in [4.69, 9.17) is 9.47 Å². The molecule has 1 aliphatic rings. The average Bonchev–Trinajstić information content (AvgIpc) is 3.09. The molecule has 1 heterocycles. The number of urea groups is 1. The van der Waals surface area contributed by atoms with Crippen molar-refractivity contribution in [2.75, 3.05) is 19.7 Å². The van der Waals surface area contributed by atoms with Crippen LogP contribution in [0, 0.1) is 11.7 Å². The van der Waals surface area contributed by atoms with E-state index in [0.717, 1.165) is 16.9 Å². The number of hydrogen-bond donors (Lipinski definition) is 3. The zero-order chi connectivity index (χ0) is 37.1. The average molecular weight is 705 g/mol. The van der Waals surface area contributed by atoms with Gasteiger partial charge in [0.25, 0.3) is 5.91 Å². The number of benzene rings is 3. The minimum Gasteiger partial charge on any atom is -0.493 e. The Labute approximate surface area is 299 Å². The summed E-state index contributed by atoms with van der Waals surface area (Å²) in [7, 11) is 0. The number of carboxylic acids is 1. The minimum atomic E-state index is -1.20. The van der Waals surface area contributed by atoms with Crippen LogP contribution in [0.4, 0.5) is 14.0 Å². The summed E-state index contributed by atoms with van der Waals surface area (Å²) in [4.78, 5) is 54.5. The molecule has 11 nitrogen and oxygen atoms in total. The normalized spacial score (nSPS) is 14.1. The van der Waals surface area contributed by atoms with Crippen LogP contribution in [0.5, 0.6) is 5.75 Å². The fraction of sp³-hybridized carbons (Fsp3) is 0.436. The summed E-state index contributed by atoms with van der Waals surface area (Å²) in [6.07, 6.45) is 0.295. The van der Waals surface area contributed by atoms with Crippen molar-refractivity contribution in [3.63, 3.8) is 0 Å². The molecule has 51 heavy (non-hydrogen) atoms. The van der Waals surface area contributed by atoms with Gasteiger partial charge in [0.15, 0.2) is 0 Å². The molecule has 0 bridgehead atoms. The van der Waals surface area contributed by atoms with Gasteiger partial charge in [0.1, 0.15) is 23.2 Å². The Morgan fingerprint density at radius 2 is 1.49 bits per heavy atom. The van der Waals surface area contributed by atoms with Gasteiger partial charge in [-0.3, -0.25) is 4.79 Å². The Balaban J connectivity index is 1.35. The third-order valence-corrected chi connectivity index (χ3v) is 8.30. The third kappa shape index (κ3) is 12.3. The van der Waals surface area contributed by atoms with E-state index < -0.39 is 23.7 Å². The molecule has 0 saturated carbocycles. The number of nitrogens with one attached hydrogen (secondary N) is 2. The van der Waals surface area contributed by atoms with Crippen molar-refractivity contribution in [3.8, 4) is 5.75 Å². The van der Waals surface area contributed by atoms with E-state index in [1.807, 2.05) is 24.3 Å². The van der Waals surface area contributed by atoms with Gasteiger partial charge < -0.3 is 35.0 Å². The monoisotopic (exact) mass is 704 g/mol. The van der Waals surface area contributed by atoms with Crippen molar-refractivity contribution < 1.29 is 38.1 Å². The van der Waals surface area contributed by atoms with Gasteiger partial charge in [0, 0.05) is 44.2 Å². The van der Waals surface area contributed by atoms with Gasteiger partial charge in [-0.25, -0.2) is 18.8 Å². The number of alkyl carbamates (subject to hydrolysis) is 1. The second-order valence-electron chi connectivity index (χ2n) is 14.2. The molecule has 1 fully saturated rings. The summed E-state index contributed by atoms with van der Waals surface area (Å²) in [5.74, 6) is -0.539. The zero-order valence-electron chi connectivity index (χ0n) is 30.0. The molecule has 12 heteroatoms. The highest BCUT2D eigenvalue weighted by Gasteiger charge is 2.31. The standard InChI is InChI=1S/C39H49FN4O7/c1-26(2)25-50-33-16-10-28(11-17-33)23-41-37(48)44(24-29-8-14-31(40)15-9-29)32-18-20-43(21-19-32)35(45)30-12-6-27(7-13-30)22-34(36(46)47)42-38(49)51-39(3,4)5/h6-17,26,32,34H,18-25H2,1-5H3,(H,41,48)(H,42,49)(H,46,47)/t34-/m1/s1. The van der Waals surface area contributed by atoms with Crippen molar-refractivity contribution >= 4 is 24.0 Å². The van der Waals surface area contributed by atoms with E-state index in [-0.39, 0.29) is 36.8 Å². The van der Waals surface area contributed by atoms with Gasteiger partial charge in [-0.1, -0.05) is 50.2 Å². The molecule has 1 atom stereocenters. The maximum Gasteiger partial charge on any atom is 0.408 e. The molecule has 1 saturated heterocycles. The highest BCUT2D eigenvalue weighted by Crippen LogP contribution is 2.22. The maximum atomic E-state index is 13.6. The van der Waals surface area contributed by atoms with Crippen molar-refractivity contribution in [2.24, 2.45) is 5.92 Å². The topological polar surface area (TPSA) is 138 Å². The smallest absolute Gasteiger partial charge is 0.408 e. The number of carboxylic acid groups (broad SMARTS) is 1. The molecule has 274 valence electrons. The first-order chi connectivity index (χ1) is 24.2. The number of carbonyl (C=O) groups is 4. The summed E-state index contributed by atoms with van der Waals surface area (Å²) in [6.45, 7) is 11.3. The van der Waals surface area contributed by atoms with Gasteiger partial charge in [0.05, 0.1) is 6.61 Å². The molecular formula is C39H49FN4O7. The van der Waals surface area contributed by atoms with Crippen molar-refractivity contribution in [3.05, 3.63) is 101 Å². The first kappa shape index (κ1) is 38.7. The summed E-state index contributed by atoms with van der Waals surface area (Å²) < 4.78 is 24.6. The summed E-state index contributed by atoms with van der Waals surface area (Å²) in [5.41, 5.74) is 2.03. The number of halogens is 1. The number of hydrogen-bond acceptors (Lipinski definition) is 6. The second-order valence-corrected chi connectivity index (χ2v) is 14.2. The van der Waals surface area contributed by atoms with Gasteiger partial charge >= 0.3 is 18.1 Å². The van der Waals surface area contributed by atoms with E-state index in [2.05, 4.69) is 24.5 Å². The number of nitrogens with zero attached hydrogens (tertiary/aromatic N) is 2. The summed E-state index contributed by atoms with van der Waals surface area (Å²) in [6, 6.07) is 18.7. The predicted molar refractivity (Wildman–Crippen MR) is 191 cm³/mol. The van der Waals surface area contributed by atoms with E-state index in [1.165, 1.54) is 12.1 Å². The molecule has 3 aromatic rings. The Kier molecular flexibility index (Phi) is 13.4. The Morgan fingerprint density at radius 3 is 2.06 bits per heavy atom. The number of piperidine rings is 1. The van der Waals surface area contributed by atoms with Gasteiger partial charge in [-0.2, -0.15) is 0 Å². The van der Waals surface area contributed by atoms with E-state index >= 15 is 0 Å². The molecule has 4 rings (SSSR count). The van der Waals surface area contributed by atoms with Crippen LogP contribution in [0.15, 0.2) is 72.8 Å². The fourth-order valence-electron chi connectivity index (χ4n) is 5.63. The summed E-state index contributed by atoms with van der Waals surface area (Å²) >= 11 is 0. The quantitative estimate of drug-likeness (QED) is 0.187. The van der Waals surface area contributed by atoms with Crippen LogP contribution in [0.3, 0.4) is 0 Å². The van der Waals surface area contributed by atoms with Crippen molar-refractivity contribution in [1.29, 1.82) is 0 Å². The van der Waals surface area contributed by atoms with Crippen LogP contribution < -0.4 is 15.4 Å². The van der Waals surface area contributed by atoms with E-state index in [9.17, 15) is 28.7 Å². The predicted octanol–water partition coefficient (Wildman–Crippen LogP) is 6.40. The molecule has 0 unspecified atom stereocenters. The number of ether oxygens (including phenoxy) is 2. The lowest BCUT2D eigenvalue weighted by atomic mass is 10.0. The lowest BCUT2D eigenvalue weighted by Crippen LogP contribution is -2.51. The number of rotatable bonds is 13. The SMILES string of the molecule is CC(C)COc1ccc(CNC(=O)N(Cc2ccc(F)cc2)C2CCN(C(=O)c3ccc(C[C@@H](NC(=O)OC(C)(C)C)C(=O)O)cc3)CC2)cc1. The molecular weight excluding hydrogens is 655 g/mol. The third-order valence-electron chi connectivity index (χ3n) is 8.30. The van der Waals surface area contributed by atoms with Crippen LogP contribution in [0.2, 0.25) is 0 Å². The first-order valence-corrected chi connectivity index (χ1v) is 17.3. The Hall–Kier alpha value is -5.13. The van der Waals surface area contributed by atoms with Crippen LogP contribution >= 0.6 is 0 Å². The highest BCUT2D eigenvalue weighted by molar-refractivity contribution is 5.94. The van der Waals surface area contributed by atoms with Crippen molar-refractivity contribution in [2.45, 2.75) is 84.7 Å². The van der Waals surface area contributed by atoms with Gasteiger partial charge in [0.2, 0.25) is 0 Å². The molecule has 0 spiro atoms. The number of amides is 4. The second kappa shape index (κ2) is 17.7. The Bertz CT molecular complexity index is 1620. The zero-order valence-corrected chi connectivity index (χ0v) is 30.0. The fourth-order valence-corrected chi connectivity index (χ4v) is 5.63. The van der Waals surface area contributed by atoms with Crippen LogP contribution in [0.1, 0.15) is 74.5 Å². The first-order valence-electron chi connectivity index (χ1n) is 17.3. The molecule has 0 aliphatic carbocycles. The van der Waals surface area contributed by atoms with Crippen LogP contribution in [-0.2, 0) is 29.0 Å². The Morgan fingerprint density at radius 1 is 0.902 bits per heavy atom. The number of likely N-dealkylation sites (tertiary alicyclic amines) is 1. The van der Waals surface area contributed by atoms with Crippen LogP contribution in [0.25, 0.3) is 0 Å². The minimum absolute atomic E-state index is 0.0123. The number of aliphatic carboxylic acids is 1. The van der Waals surface area contributed by atoms with Crippen LogP contribution in [-0.4, -0.2) is 76.3 Å². The largest absolute Gasteiger partial charge is 0.493 e. The molecule has 0 aromatic heterocycles. The highest BCUT2D eigenvalue weighted by atomic mass is 19.1. The van der Waals surface area contributed by atoms with Gasteiger partial charge in [-0.05, 0) is 92.6 Å². The maximum absolute atomic E-state index is 13.6. The van der Waals surface area contributed by atoms with Crippen molar-refractivity contribution in [1.82, 2.24) is 20.4 Å². The number of carbonyl (C=O) groups excluding carboxylic acids is 3. The van der Waals surface area contributed by atoms with E-state index in [1.54, 1.807) is 67.0 Å². The van der Waals surface area contributed by atoms with Gasteiger partial charge in [-0.15, -0.1) is 0 Å². The lowest BCUT2D eigenvalue weighted by molar-refractivity contribution is -0.139. The summed E-state index contributed by atoms with van der Waals surface area (Å²) in [5, 5.41) is 15.0.